The average Bonchev–Trinajstić information content (AvgIpc) is 2.71. The third kappa shape index (κ3) is 5.20. The van der Waals surface area contributed by atoms with Crippen molar-refractivity contribution in [2.24, 2.45) is 0 Å². The molecule has 29 heavy (non-hydrogen) atoms. The molecule has 0 saturated heterocycles. The van der Waals surface area contributed by atoms with Gasteiger partial charge in [-0.25, -0.2) is 9.97 Å². The van der Waals surface area contributed by atoms with E-state index in [1.807, 2.05) is 6.92 Å². The summed E-state index contributed by atoms with van der Waals surface area (Å²) in [6.45, 7) is 2.20. The van der Waals surface area contributed by atoms with Crippen LogP contribution in [0.15, 0.2) is 48.7 Å². The number of carbonyl (C=O) groups is 1. The summed E-state index contributed by atoms with van der Waals surface area (Å²) in [6, 6.07) is 10.3. The van der Waals surface area contributed by atoms with Crippen molar-refractivity contribution in [3.8, 4) is 11.6 Å². The van der Waals surface area contributed by atoms with Crippen LogP contribution in [-0.4, -0.2) is 35.6 Å². The molecule has 3 aromatic rings. The molecule has 2 heterocycles. The van der Waals surface area contributed by atoms with Crippen LogP contribution in [-0.2, 0) is 10.9 Å². The largest absolute Gasteiger partial charge is 0.439 e. The van der Waals surface area contributed by atoms with E-state index in [2.05, 4.69) is 15.3 Å². The molecule has 2 aromatic heterocycles. The van der Waals surface area contributed by atoms with Crippen molar-refractivity contribution in [1.29, 1.82) is 0 Å². The van der Waals surface area contributed by atoms with Crippen LogP contribution < -0.4 is 10.1 Å². The number of methoxy groups -OCH3 is 1. The first kappa shape index (κ1) is 20.5. The van der Waals surface area contributed by atoms with E-state index in [9.17, 15) is 18.0 Å². The molecule has 0 aliphatic heterocycles. The molecule has 6 nitrogen and oxygen atoms in total. The quantitative estimate of drug-likeness (QED) is 0.665. The number of alkyl halides is 3. The van der Waals surface area contributed by atoms with Crippen LogP contribution in [0.1, 0.15) is 23.0 Å². The van der Waals surface area contributed by atoms with Crippen LogP contribution in [0, 0.1) is 0 Å². The number of nitrogens with one attached hydrogen (secondary N) is 1. The van der Waals surface area contributed by atoms with E-state index in [1.165, 1.54) is 0 Å². The zero-order chi connectivity index (χ0) is 21.0. The Morgan fingerprint density at radius 1 is 1.17 bits per heavy atom. The number of benzene rings is 1. The molecule has 0 saturated carbocycles. The second kappa shape index (κ2) is 8.44. The number of aromatic nitrogens is 2. The van der Waals surface area contributed by atoms with Gasteiger partial charge >= 0.3 is 6.18 Å². The van der Waals surface area contributed by atoms with Crippen molar-refractivity contribution < 1.29 is 27.4 Å². The lowest BCUT2D eigenvalue weighted by atomic mass is 10.2. The lowest BCUT2D eigenvalue weighted by molar-refractivity contribution is -0.137. The van der Waals surface area contributed by atoms with Gasteiger partial charge in [-0.1, -0.05) is 6.07 Å². The van der Waals surface area contributed by atoms with Gasteiger partial charge in [0.05, 0.1) is 17.2 Å². The number of fused-ring (bicyclic) bond motifs is 1. The Morgan fingerprint density at radius 3 is 2.62 bits per heavy atom. The Labute approximate surface area is 164 Å². The van der Waals surface area contributed by atoms with E-state index in [0.29, 0.717) is 29.4 Å². The number of hydrogen-bond donors (Lipinski definition) is 1. The number of hydrogen-bond acceptors (Lipinski definition) is 5. The Balaban J connectivity index is 1.73. The number of nitrogens with zero attached hydrogens (tertiary/aromatic N) is 2. The molecule has 1 amide bonds. The number of amides is 1. The first-order chi connectivity index (χ1) is 13.8. The minimum atomic E-state index is -4.45. The SMILES string of the molecule is COC(C)CNC(=O)c1ccc2cc(Oc3ccc(C(F)(F)F)cn3)ccc2n1. The van der Waals surface area contributed by atoms with Crippen molar-refractivity contribution in [2.75, 3.05) is 13.7 Å². The molecule has 0 fully saturated rings. The van der Waals surface area contributed by atoms with Gasteiger partial charge in [0.25, 0.3) is 5.91 Å². The zero-order valence-corrected chi connectivity index (χ0v) is 15.7. The molecular formula is C20H18F3N3O3. The van der Waals surface area contributed by atoms with Crippen LogP contribution >= 0.6 is 0 Å². The molecule has 3 rings (SSSR count). The highest BCUT2D eigenvalue weighted by Gasteiger charge is 2.30. The lowest BCUT2D eigenvalue weighted by Crippen LogP contribution is -2.32. The van der Waals surface area contributed by atoms with E-state index in [-0.39, 0.29) is 23.6 Å². The Morgan fingerprint density at radius 2 is 1.97 bits per heavy atom. The molecule has 9 heteroatoms. The van der Waals surface area contributed by atoms with E-state index in [0.717, 1.165) is 12.1 Å². The molecule has 1 aromatic carbocycles. The van der Waals surface area contributed by atoms with Crippen LogP contribution in [0.2, 0.25) is 0 Å². The predicted octanol–water partition coefficient (Wildman–Crippen LogP) is 4.21. The molecule has 0 radical (unpaired) electrons. The fourth-order valence-corrected chi connectivity index (χ4v) is 2.43. The Bertz CT molecular complexity index is 1010. The van der Waals surface area contributed by atoms with Crippen LogP contribution in [0.4, 0.5) is 13.2 Å². The van der Waals surface area contributed by atoms with Crippen molar-refractivity contribution in [2.45, 2.75) is 19.2 Å². The van der Waals surface area contributed by atoms with Gasteiger partial charge in [0.2, 0.25) is 5.88 Å². The smallest absolute Gasteiger partial charge is 0.417 e. The molecule has 0 bridgehead atoms. The Hall–Kier alpha value is -3.20. The third-order valence-electron chi connectivity index (χ3n) is 4.13. The highest BCUT2D eigenvalue weighted by Crippen LogP contribution is 2.30. The topological polar surface area (TPSA) is 73.3 Å². The van der Waals surface area contributed by atoms with Crippen LogP contribution in [0.25, 0.3) is 10.9 Å². The van der Waals surface area contributed by atoms with E-state index in [4.69, 9.17) is 9.47 Å². The molecule has 152 valence electrons. The summed E-state index contributed by atoms with van der Waals surface area (Å²) >= 11 is 0. The van der Waals surface area contributed by atoms with E-state index in [1.54, 1.807) is 37.4 Å². The average molecular weight is 405 g/mol. The van der Waals surface area contributed by atoms with Crippen LogP contribution in [0.5, 0.6) is 11.6 Å². The van der Waals surface area contributed by atoms with Gasteiger partial charge in [0.1, 0.15) is 11.4 Å². The third-order valence-corrected chi connectivity index (χ3v) is 4.13. The predicted molar refractivity (Wildman–Crippen MR) is 99.9 cm³/mol. The summed E-state index contributed by atoms with van der Waals surface area (Å²) in [6.07, 6.45) is -3.85. The maximum Gasteiger partial charge on any atom is 0.417 e. The number of ether oxygens (including phenoxy) is 2. The molecule has 0 aliphatic carbocycles. The summed E-state index contributed by atoms with van der Waals surface area (Å²) in [5, 5.41) is 3.44. The van der Waals surface area contributed by atoms with Gasteiger partial charge in [0.15, 0.2) is 0 Å². The monoisotopic (exact) mass is 405 g/mol. The second-order valence-corrected chi connectivity index (χ2v) is 6.29. The highest BCUT2D eigenvalue weighted by molar-refractivity contribution is 5.95. The lowest BCUT2D eigenvalue weighted by Gasteiger charge is -2.11. The number of halogens is 3. The maximum atomic E-state index is 12.6. The maximum absolute atomic E-state index is 12.6. The standard InChI is InChI=1S/C20H18F3N3O3/c1-12(28-2)10-25-19(27)17-6-3-13-9-15(5-7-16(13)26-17)29-18-8-4-14(11-24-18)20(21,22)23/h3-9,11-12H,10H2,1-2H3,(H,25,27). The van der Waals surface area contributed by atoms with Gasteiger partial charge in [0, 0.05) is 31.3 Å². The van der Waals surface area contributed by atoms with Crippen molar-refractivity contribution in [1.82, 2.24) is 15.3 Å². The van der Waals surface area contributed by atoms with Crippen LogP contribution in [0.3, 0.4) is 0 Å². The van der Waals surface area contributed by atoms with Crippen molar-refractivity contribution in [3.63, 3.8) is 0 Å². The second-order valence-electron chi connectivity index (χ2n) is 6.29. The van der Waals surface area contributed by atoms with Crippen molar-refractivity contribution >= 4 is 16.8 Å². The fraction of sp³-hybridized carbons (Fsp3) is 0.250. The summed E-state index contributed by atoms with van der Waals surface area (Å²) in [4.78, 5) is 20.2. The van der Waals surface area contributed by atoms with E-state index >= 15 is 0 Å². The normalized spacial score (nSPS) is 12.6. The van der Waals surface area contributed by atoms with Gasteiger partial charge in [-0.05, 0) is 37.3 Å². The first-order valence-electron chi connectivity index (χ1n) is 8.69. The van der Waals surface area contributed by atoms with Crippen molar-refractivity contribution in [3.05, 3.63) is 59.9 Å². The molecular weight excluding hydrogens is 387 g/mol. The molecule has 1 N–H and O–H groups in total. The summed E-state index contributed by atoms with van der Waals surface area (Å²) < 4.78 is 48.4. The van der Waals surface area contributed by atoms with E-state index < -0.39 is 11.7 Å². The molecule has 1 unspecified atom stereocenters. The summed E-state index contributed by atoms with van der Waals surface area (Å²) in [7, 11) is 1.56. The molecule has 0 aliphatic rings. The number of carbonyl (C=O) groups excluding carboxylic acids is 1. The van der Waals surface area contributed by atoms with Gasteiger partial charge < -0.3 is 14.8 Å². The summed E-state index contributed by atoms with van der Waals surface area (Å²) in [5.74, 6) is 0.108. The fourth-order valence-electron chi connectivity index (χ4n) is 2.43. The molecule has 0 spiro atoms. The van der Waals surface area contributed by atoms with Gasteiger partial charge in [-0.15, -0.1) is 0 Å². The minimum absolute atomic E-state index is 0.0357. The minimum Gasteiger partial charge on any atom is -0.439 e. The highest BCUT2D eigenvalue weighted by atomic mass is 19.4. The summed E-state index contributed by atoms with van der Waals surface area (Å²) in [5.41, 5.74) is -0.0118. The first-order valence-corrected chi connectivity index (χ1v) is 8.69. The number of pyridine rings is 2. The van der Waals surface area contributed by atoms with Gasteiger partial charge in [-0.2, -0.15) is 13.2 Å². The van der Waals surface area contributed by atoms with Gasteiger partial charge in [-0.3, -0.25) is 4.79 Å². The Kier molecular flexibility index (Phi) is 5.97. The molecule has 1 atom stereocenters. The zero-order valence-electron chi connectivity index (χ0n) is 15.7. The number of rotatable bonds is 6.